The molecular weight excluding hydrogens is 420 g/mol. The SMILES string of the molecule is C[C@@H](C(=O)N(C)c1cc(O)c2nc(-c3n[nH]c4c3C[C@@H]3C[C@]3(C)C4)[nH]c2c1)N1CCOCC1. The van der Waals surface area contributed by atoms with Crippen molar-refractivity contribution >= 4 is 22.6 Å². The van der Waals surface area contributed by atoms with Gasteiger partial charge < -0.3 is 19.7 Å². The minimum absolute atomic E-state index is 0.0238. The Hall–Kier alpha value is -2.91. The molecule has 2 aliphatic carbocycles. The van der Waals surface area contributed by atoms with Crippen molar-refractivity contribution in [1.82, 2.24) is 25.1 Å². The lowest BCUT2D eigenvalue weighted by atomic mass is 9.88. The maximum Gasteiger partial charge on any atom is 0.243 e. The van der Waals surface area contributed by atoms with Crippen LogP contribution in [0.4, 0.5) is 5.69 Å². The van der Waals surface area contributed by atoms with E-state index in [1.54, 1.807) is 18.0 Å². The Kier molecular flexibility index (Phi) is 4.57. The molecule has 1 amide bonds. The largest absolute Gasteiger partial charge is 0.506 e. The number of benzene rings is 1. The number of ether oxygens (including phenoxy) is 1. The monoisotopic (exact) mass is 450 g/mol. The Bertz CT molecular complexity index is 1240. The highest BCUT2D eigenvalue weighted by Gasteiger charge is 2.53. The summed E-state index contributed by atoms with van der Waals surface area (Å²) < 4.78 is 5.40. The highest BCUT2D eigenvalue weighted by atomic mass is 16.5. The second-order valence-corrected chi connectivity index (χ2v) is 10.1. The van der Waals surface area contributed by atoms with E-state index in [2.05, 4.69) is 32.0 Å². The lowest BCUT2D eigenvalue weighted by Gasteiger charge is -2.33. The molecule has 3 aliphatic rings. The number of carbonyl (C=O) groups is 1. The first-order chi connectivity index (χ1) is 15.8. The van der Waals surface area contributed by atoms with Crippen LogP contribution in [0.1, 0.15) is 31.5 Å². The smallest absolute Gasteiger partial charge is 0.243 e. The first kappa shape index (κ1) is 20.7. The molecule has 3 aromatic rings. The second-order valence-electron chi connectivity index (χ2n) is 10.1. The molecule has 3 atom stereocenters. The van der Waals surface area contributed by atoms with E-state index in [1.165, 1.54) is 17.7 Å². The predicted molar refractivity (Wildman–Crippen MR) is 124 cm³/mol. The molecule has 0 spiro atoms. The van der Waals surface area contributed by atoms with Crippen LogP contribution in [0.15, 0.2) is 12.1 Å². The molecule has 1 saturated heterocycles. The van der Waals surface area contributed by atoms with E-state index in [9.17, 15) is 9.90 Å². The number of morpholine rings is 1. The fourth-order valence-electron chi connectivity index (χ4n) is 5.57. The quantitative estimate of drug-likeness (QED) is 0.563. The van der Waals surface area contributed by atoms with Crippen LogP contribution in [0.2, 0.25) is 0 Å². The van der Waals surface area contributed by atoms with Gasteiger partial charge in [-0.25, -0.2) is 4.98 Å². The van der Waals surface area contributed by atoms with Gasteiger partial charge in [0, 0.05) is 43.1 Å². The van der Waals surface area contributed by atoms with Crippen LogP contribution < -0.4 is 4.90 Å². The van der Waals surface area contributed by atoms with Crippen LogP contribution in [0, 0.1) is 11.3 Å². The van der Waals surface area contributed by atoms with Crippen LogP contribution in [-0.4, -0.2) is 75.5 Å². The molecule has 0 unspecified atom stereocenters. The average molecular weight is 451 g/mol. The first-order valence-corrected chi connectivity index (χ1v) is 11.7. The Morgan fingerprint density at radius 2 is 2.15 bits per heavy atom. The summed E-state index contributed by atoms with van der Waals surface area (Å²) in [6.45, 7) is 7.03. The molecule has 0 radical (unpaired) electrons. The second kappa shape index (κ2) is 7.30. The molecule has 0 bridgehead atoms. The van der Waals surface area contributed by atoms with E-state index >= 15 is 0 Å². The number of hydrogen-bond donors (Lipinski definition) is 3. The van der Waals surface area contributed by atoms with Gasteiger partial charge in [0.2, 0.25) is 5.91 Å². The molecule has 33 heavy (non-hydrogen) atoms. The number of nitrogens with zero attached hydrogens (tertiary/aromatic N) is 4. The summed E-state index contributed by atoms with van der Waals surface area (Å²) in [6, 6.07) is 3.21. The molecule has 6 rings (SSSR count). The predicted octanol–water partition coefficient (Wildman–Crippen LogP) is 2.47. The van der Waals surface area contributed by atoms with Gasteiger partial charge in [-0.3, -0.25) is 14.8 Å². The van der Waals surface area contributed by atoms with Crippen molar-refractivity contribution < 1.29 is 14.6 Å². The molecule has 1 saturated carbocycles. The number of carbonyl (C=O) groups excluding carboxylic acids is 1. The molecular formula is C24H30N6O3. The zero-order valence-corrected chi connectivity index (χ0v) is 19.3. The number of amides is 1. The number of aromatic amines is 2. The number of nitrogens with one attached hydrogen (secondary N) is 2. The van der Waals surface area contributed by atoms with Crippen LogP contribution in [-0.2, 0) is 22.4 Å². The van der Waals surface area contributed by atoms with Crippen molar-refractivity contribution in [2.45, 2.75) is 39.2 Å². The lowest BCUT2D eigenvalue weighted by molar-refractivity contribution is -0.124. The van der Waals surface area contributed by atoms with Gasteiger partial charge >= 0.3 is 0 Å². The summed E-state index contributed by atoms with van der Waals surface area (Å²) in [6.07, 6.45) is 3.31. The van der Waals surface area contributed by atoms with Crippen molar-refractivity contribution in [3.8, 4) is 17.3 Å². The summed E-state index contributed by atoms with van der Waals surface area (Å²) in [5, 5.41) is 18.5. The maximum atomic E-state index is 13.1. The van der Waals surface area contributed by atoms with E-state index in [-0.39, 0.29) is 17.7 Å². The molecule has 3 N–H and O–H groups in total. The Morgan fingerprint density at radius 3 is 2.94 bits per heavy atom. The first-order valence-electron chi connectivity index (χ1n) is 11.7. The lowest BCUT2D eigenvalue weighted by Crippen LogP contribution is -2.50. The summed E-state index contributed by atoms with van der Waals surface area (Å²) in [4.78, 5) is 24.8. The zero-order valence-electron chi connectivity index (χ0n) is 19.3. The van der Waals surface area contributed by atoms with E-state index in [0.29, 0.717) is 41.2 Å². The third kappa shape index (κ3) is 3.33. The highest BCUT2D eigenvalue weighted by Crippen LogP contribution is 2.59. The van der Waals surface area contributed by atoms with Gasteiger partial charge in [0.25, 0.3) is 0 Å². The minimum Gasteiger partial charge on any atom is -0.506 e. The van der Waals surface area contributed by atoms with Crippen molar-refractivity contribution in [2.24, 2.45) is 11.3 Å². The summed E-state index contributed by atoms with van der Waals surface area (Å²) >= 11 is 0. The Morgan fingerprint density at radius 1 is 1.36 bits per heavy atom. The standard InChI is InChI=1S/C24H30N6O3/c1-13(30-4-6-33-7-5-30)23(32)29(3)15-9-17-21(19(31)10-15)26-22(25-17)20-16-8-14-11-24(14,2)12-18(16)27-28-20/h9-10,13-14,31H,4-8,11-12H2,1-3H3,(H,25,26)(H,27,28)/t13-,14+,24+/m0/s1. The Balaban J connectivity index is 1.29. The number of hydrogen-bond acceptors (Lipinski definition) is 6. The summed E-state index contributed by atoms with van der Waals surface area (Å²) in [5.74, 6) is 1.39. The van der Waals surface area contributed by atoms with E-state index in [4.69, 9.17) is 4.74 Å². The van der Waals surface area contributed by atoms with Gasteiger partial charge in [-0.15, -0.1) is 0 Å². The summed E-state index contributed by atoms with van der Waals surface area (Å²) in [7, 11) is 1.74. The number of H-pyrrole nitrogens is 2. The van der Waals surface area contributed by atoms with Gasteiger partial charge in [0.15, 0.2) is 5.82 Å². The van der Waals surface area contributed by atoms with Gasteiger partial charge in [0.1, 0.15) is 17.0 Å². The number of fused-ring (bicyclic) bond motifs is 3. The van der Waals surface area contributed by atoms with Gasteiger partial charge in [-0.2, -0.15) is 5.10 Å². The normalized spacial score (nSPS) is 25.5. The molecule has 3 heterocycles. The van der Waals surface area contributed by atoms with E-state index < -0.39 is 0 Å². The number of likely N-dealkylation sites (N-methyl/N-ethyl adjacent to an activating group) is 1. The maximum absolute atomic E-state index is 13.1. The highest BCUT2D eigenvalue weighted by molar-refractivity contribution is 5.99. The third-order valence-electron chi connectivity index (χ3n) is 7.97. The number of anilines is 1. The Labute approximate surface area is 192 Å². The minimum atomic E-state index is -0.266. The van der Waals surface area contributed by atoms with Crippen LogP contribution >= 0.6 is 0 Å². The van der Waals surface area contributed by atoms with Crippen molar-refractivity contribution in [3.05, 3.63) is 23.4 Å². The van der Waals surface area contributed by atoms with Gasteiger partial charge in [0.05, 0.1) is 24.8 Å². The van der Waals surface area contributed by atoms with Crippen molar-refractivity contribution in [2.75, 3.05) is 38.3 Å². The topological polar surface area (TPSA) is 110 Å². The third-order valence-corrected chi connectivity index (χ3v) is 7.97. The molecule has 2 fully saturated rings. The average Bonchev–Trinajstić information content (AvgIpc) is 3.11. The van der Waals surface area contributed by atoms with Gasteiger partial charge in [-0.05, 0) is 43.6 Å². The molecule has 9 heteroatoms. The van der Waals surface area contributed by atoms with Crippen LogP contribution in [0.25, 0.3) is 22.6 Å². The number of aromatic hydroxyl groups is 1. The fourth-order valence-corrected chi connectivity index (χ4v) is 5.57. The van der Waals surface area contributed by atoms with E-state index in [0.717, 1.165) is 37.5 Å². The molecule has 1 aromatic carbocycles. The molecule has 9 nitrogen and oxygen atoms in total. The van der Waals surface area contributed by atoms with E-state index in [1.807, 2.05) is 13.0 Å². The van der Waals surface area contributed by atoms with Crippen LogP contribution in [0.5, 0.6) is 5.75 Å². The number of imidazole rings is 1. The van der Waals surface area contributed by atoms with Gasteiger partial charge in [-0.1, -0.05) is 6.92 Å². The fraction of sp³-hybridized carbons (Fsp3) is 0.542. The number of rotatable bonds is 4. The zero-order chi connectivity index (χ0) is 22.9. The molecule has 2 aromatic heterocycles. The van der Waals surface area contributed by atoms with Crippen molar-refractivity contribution in [1.29, 1.82) is 0 Å². The van der Waals surface area contributed by atoms with Crippen LogP contribution in [0.3, 0.4) is 0 Å². The van der Waals surface area contributed by atoms with Crippen molar-refractivity contribution in [3.63, 3.8) is 0 Å². The molecule has 174 valence electrons. The number of aromatic nitrogens is 4. The number of phenolic OH excluding ortho intramolecular Hbond substituents is 1. The molecule has 1 aliphatic heterocycles. The number of phenols is 1. The summed E-state index contributed by atoms with van der Waals surface area (Å²) in [5.41, 5.74) is 5.49.